The minimum Gasteiger partial charge on any atom is -0.460 e. The molecule has 0 aliphatic carbocycles. The molecule has 0 saturated carbocycles. The SMILES string of the molecule is C[N+](C)(C)CCOC(=O)CCSCCC[Si](C)(CCCSCCC(=O)OCC[N+](C)(C)C)CC[Si](CC[Si](C)(CCCSCCC(=O)OCC[N+](C)(C)C)CCCSCCC(=O)OCC[N+](C)(C)C)(CC[Si](C)(CCCSCCC(=O)OCC[N+](C)(C)C)CCCSCCC(=O)OCC[N+](C)(C)C)CC[Si](C)(CCCSCCC(=O)OCC[N+](C)(C)C)CCCSCCC(=O)OCC[N+](C)(C)C. The predicted molar refractivity (Wildman–Crippen MR) is 612 cm³/mol. The highest BCUT2D eigenvalue weighted by atomic mass is 32.2. The molecule has 0 spiro atoms. The van der Waals surface area contributed by atoms with E-state index in [9.17, 15) is 38.4 Å². The largest absolute Gasteiger partial charge is 0.460 e. The van der Waals surface area contributed by atoms with Crippen LogP contribution in [0.2, 0.25) is 123 Å². The average molecular weight is 2180 g/mol. The van der Waals surface area contributed by atoms with Gasteiger partial charge in [-0.2, -0.15) is 94.1 Å². The van der Waals surface area contributed by atoms with E-state index >= 15 is 0 Å². The normalized spacial score (nSPS) is 13.1. The van der Waals surface area contributed by atoms with Gasteiger partial charge in [0.15, 0.2) is 0 Å². The van der Waals surface area contributed by atoms with Gasteiger partial charge in [0, 0.05) is 46.0 Å². The summed E-state index contributed by atoms with van der Waals surface area (Å²) < 4.78 is 52.0. The number of likely N-dealkylation sites (N-methyl/N-ethyl adjacent to an activating group) is 8. The van der Waals surface area contributed by atoms with E-state index in [1.165, 1.54) is 96.7 Å². The summed E-state index contributed by atoms with van der Waals surface area (Å²) in [6.07, 6.45) is 12.3. The van der Waals surface area contributed by atoms with E-state index in [4.69, 9.17) is 37.9 Å². The fourth-order valence-corrected chi connectivity index (χ4v) is 55.3. The van der Waals surface area contributed by atoms with Gasteiger partial charge in [-0.15, -0.1) is 0 Å². The monoisotopic (exact) mass is 2180 g/mol. The molecule has 0 aliphatic rings. The van der Waals surface area contributed by atoms with Gasteiger partial charge in [-0.05, 0) is 97.4 Å². The van der Waals surface area contributed by atoms with Gasteiger partial charge in [-0.3, -0.25) is 38.4 Å². The summed E-state index contributed by atoms with van der Waals surface area (Å²) in [5.41, 5.74) is 0. The average Bonchev–Trinajstić information content (AvgIpc) is 0.809. The van der Waals surface area contributed by atoms with Crippen molar-refractivity contribution in [3.05, 3.63) is 0 Å². The maximum Gasteiger partial charge on any atom is 0.306 e. The quantitative estimate of drug-likeness (QED) is 0.0182. The summed E-state index contributed by atoms with van der Waals surface area (Å²) in [5, 5.41) is 0. The lowest BCUT2D eigenvalue weighted by Gasteiger charge is -2.43. The number of hydrogen-bond acceptors (Lipinski definition) is 24. The zero-order valence-corrected chi connectivity index (χ0v) is 105. The van der Waals surface area contributed by atoms with Gasteiger partial charge in [0.05, 0.1) is 261 Å². The van der Waals surface area contributed by atoms with E-state index < -0.39 is 40.4 Å². The molecule has 0 rings (SSSR count). The highest BCUT2D eigenvalue weighted by molar-refractivity contribution is 8.00. The zero-order valence-electron chi connectivity index (χ0n) is 93.1. The maximum atomic E-state index is 13.2. The van der Waals surface area contributed by atoms with Crippen LogP contribution in [0.5, 0.6) is 0 Å². The van der Waals surface area contributed by atoms with E-state index in [2.05, 4.69) is 195 Å². The Morgan fingerprint density at radius 1 is 0.168 bits per heavy atom. The van der Waals surface area contributed by atoms with Crippen molar-refractivity contribution in [2.75, 3.05) is 366 Å². The molecular weight excluding hydrogens is 1970 g/mol. The minimum absolute atomic E-state index is 0.115. The molecule has 137 heavy (non-hydrogen) atoms. The molecule has 0 N–H and O–H groups in total. The number of ether oxygens (including phenoxy) is 8. The molecule has 0 bridgehead atoms. The van der Waals surface area contributed by atoms with Crippen LogP contribution in [0, 0.1) is 0 Å². The van der Waals surface area contributed by atoms with E-state index in [0.29, 0.717) is 104 Å². The van der Waals surface area contributed by atoms with Crippen molar-refractivity contribution >= 4 is 182 Å². The maximum absolute atomic E-state index is 13.2. The first-order chi connectivity index (χ1) is 63.6. The van der Waals surface area contributed by atoms with Crippen LogP contribution < -0.4 is 0 Å². The molecule has 0 atom stereocenters. The summed E-state index contributed by atoms with van der Waals surface area (Å²) in [5.74, 6) is 13.2. The number of quaternary nitrogens is 8. The third-order valence-corrected chi connectivity index (χ3v) is 59.5. The topological polar surface area (TPSA) is 210 Å². The van der Waals surface area contributed by atoms with E-state index in [-0.39, 0.29) is 47.8 Å². The van der Waals surface area contributed by atoms with Crippen LogP contribution in [-0.4, -0.2) is 490 Å². The van der Waals surface area contributed by atoms with Crippen LogP contribution in [0.4, 0.5) is 0 Å². The molecule has 0 aromatic heterocycles. The van der Waals surface area contributed by atoms with Crippen molar-refractivity contribution in [2.24, 2.45) is 0 Å². The molecule has 808 valence electrons. The molecule has 0 fully saturated rings. The van der Waals surface area contributed by atoms with Gasteiger partial charge in [0.1, 0.15) is 105 Å². The van der Waals surface area contributed by atoms with Gasteiger partial charge in [0.25, 0.3) is 0 Å². The number of thioether (sulfide) groups is 8. The minimum atomic E-state index is -2.33. The standard InChI is InChI=1S/C100H212N8O16S8Si5/c1-101(2,3)45-53-117-93(109)37-69-125-61-29-77-133(25,78-30-62-126-70-38-94(110)118-54-46-102(4,5)6)85-89-137(90-86-134(26,79-31-63-127-71-39-95(111)119-55-47-103(7,8)9)80-32-64-128-72-40-96(112)120-56-48-104(10,11)12,91-87-135(27,81-33-65-129-73-41-97(113)121-57-49-105(13,14)15)82-34-66-130-74-42-98(114)122-58-50-106(16,17)18)92-88-136(28,83-35-67-131-75-43-99(115)123-59-51-107(19,20)21)84-36-68-132-76-44-100(116)124-60-52-108(22,23)24/h29-92H2,1-28H3/q+8. The molecule has 0 amide bonds. The second kappa shape index (κ2) is 74.3. The highest BCUT2D eigenvalue weighted by Gasteiger charge is 2.43. The van der Waals surface area contributed by atoms with Crippen molar-refractivity contribution in [1.82, 2.24) is 0 Å². The Balaban J connectivity index is 9.00. The Labute approximate surface area is 879 Å². The van der Waals surface area contributed by atoms with Crippen LogP contribution in [0.3, 0.4) is 0 Å². The first-order valence-corrected chi connectivity index (χ1v) is 76.5. The lowest BCUT2D eigenvalue weighted by Crippen LogP contribution is -2.45. The van der Waals surface area contributed by atoms with E-state index in [0.717, 1.165) is 232 Å². The van der Waals surface area contributed by atoms with Gasteiger partial charge in [-0.25, -0.2) is 0 Å². The Kier molecular flexibility index (Phi) is 73.9. The molecular formula is C100H212N8O16S8Si5+8. The molecule has 0 radical (unpaired) electrons. The highest BCUT2D eigenvalue weighted by Crippen LogP contribution is 2.45. The Morgan fingerprint density at radius 2 is 0.277 bits per heavy atom. The lowest BCUT2D eigenvalue weighted by atomic mass is 10.5. The van der Waals surface area contributed by atoms with Crippen LogP contribution in [-0.2, 0) is 76.3 Å². The zero-order chi connectivity index (χ0) is 104. The van der Waals surface area contributed by atoms with Crippen molar-refractivity contribution in [3.63, 3.8) is 0 Å². The number of nitrogens with zero attached hydrogens (tertiary/aromatic N) is 8. The number of carbonyl (C=O) groups is 8. The van der Waals surface area contributed by atoms with Crippen molar-refractivity contribution in [3.8, 4) is 0 Å². The number of rotatable bonds is 92. The summed E-state index contributed by atoms with van der Waals surface area (Å²) in [6, 6.07) is 20.4. The molecule has 0 saturated heterocycles. The fourth-order valence-electron chi connectivity index (χ4n) is 15.4. The molecule has 24 nitrogen and oxygen atoms in total. The van der Waals surface area contributed by atoms with Gasteiger partial charge < -0.3 is 73.8 Å². The molecule has 0 aromatic rings. The number of esters is 8. The second-order valence-corrected chi connectivity index (χ2v) is 83.6. The Bertz CT molecular complexity index is 2640. The smallest absolute Gasteiger partial charge is 0.306 e. The summed E-state index contributed by atoms with van der Waals surface area (Å²) in [7, 11) is 40.5. The van der Waals surface area contributed by atoms with Crippen LogP contribution in [0.25, 0.3) is 0 Å². The Morgan fingerprint density at radius 3 is 0.380 bits per heavy atom. The number of hydrogen-bond donors (Lipinski definition) is 0. The van der Waals surface area contributed by atoms with Crippen molar-refractivity contribution in [1.29, 1.82) is 0 Å². The molecule has 0 unspecified atom stereocenters. The van der Waals surface area contributed by atoms with Crippen LogP contribution in [0.15, 0.2) is 0 Å². The Hall–Kier alpha value is -0.676. The number of carbonyl (C=O) groups excluding carboxylic acids is 8. The third kappa shape index (κ3) is 90.2. The van der Waals surface area contributed by atoms with Crippen molar-refractivity contribution in [2.45, 2.75) is 226 Å². The lowest BCUT2D eigenvalue weighted by molar-refractivity contribution is -0.870. The molecule has 0 aromatic carbocycles. The second-order valence-electron chi connectivity index (χ2n) is 48.3. The predicted octanol–water partition coefficient (Wildman–Crippen LogP) is 17.9. The first kappa shape index (κ1) is 136. The van der Waals surface area contributed by atoms with E-state index in [1.54, 1.807) is 0 Å². The van der Waals surface area contributed by atoms with Crippen LogP contribution >= 0.6 is 94.1 Å². The summed E-state index contributed by atoms with van der Waals surface area (Å²) in [6.45, 7) is 20.6. The first-order valence-electron chi connectivity index (χ1n) is 51.9. The van der Waals surface area contributed by atoms with Gasteiger partial charge in [0.2, 0.25) is 0 Å². The molecule has 0 heterocycles. The molecule has 0 aliphatic heterocycles. The van der Waals surface area contributed by atoms with E-state index in [1.807, 2.05) is 94.1 Å². The summed E-state index contributed by atoms with van der Waals surface area (Å²) >= 11 is 15.3. The van der Waals surface area contributed by atoms with Crippen molar-refractivity contribution < 1.29 is 112 Å². The molecule has 37 heteroatoms. The van der Waals surface area contributed by atoms with Gasteiger partial charge in [-0.1, -0.05) is 123 Å². The van der Waals surface area contributed by atoms with Crippen LogP contribution in [0.1, 0.15) is 103 Å². The fraction of sp³-hybridized carbons (Fsp3) is 0.920. The third-order valence-electron chi connectivity index (χ3n) is 25.4. The van der Waals surface area contributed by atoms with Gasteiger partial charge >= 0.3 is 47.8 Å². The summed E-state index contributed by atoms with van der Waals surface area (Å²) in [4.78, 5) is 105.